The largest absolute Gasteiger partial charge is 0.462 e. The van der Waals surface area contributed by atoms with Crippen LogP contribution in [0.3, 0.4) is 0 Å². The fraction of sp³-hybridized carbons (Fsp3) is 0.697. The minimum absolute atomic E-state index is 0.0509. The molecule has 0 unspecified atom stereocenters. The van der Waals surface area contributed by atoms with Crippen molar-refractivity contribution in [1.29, 1.82) is 0 Å². The van der Waals surface area contributed by atoms with Gasteiger partial charge in [-0.2, -0.15) is 0 Å². The van der Waals surface area contributed by atoms with Crippen molar-refractivity contribution < 1.29 is 81.0 Å². The topological polar surface area (TPSA) is 318 Å². The number of likely N-dealkylation sites (N-methyl/N-ethyl adjacent to an activating group) is 8. The summed E-state index contributed by atoms with van der Waals surface area (Å²) in [5.41, 5.74) is 0. The van der Waals surface area contributed by atoms with Crippen molar-refractivity contribution in [3.05, 3.63) is 72.8 Å². The number of carbonyl (C=O) groups excluding carboxylic acids is 13. The van der Waals surface area contributed by atoms with Gasteiger partial charge in [-0.25, -0.2) is 4.79 Å². The van der Waals surface area contributed by atoms with Crippen molar-refractivity contribution in [2.45, 2.75) is 263 Å². The van der Waals surface area contributed by atoms with Gasteiger partial charge in [0.25, 0.3) is 8.32 Å². The van der Waals surface area contributed by atoms with Crippen LogP contribution in [0.25, 0.3) is 0 Å². The van der Waals surface area contributed by atoms with Crippen LogP contribution in [0.1, 0.15) is 197 Å². The van der Waals surface area contributed by atoms with E-state index >= 15 is 14.4 Å². The van der Waals surface area contributed by atoms with Gasteiger partial charge in [-0.3, -0.25) is 57.5 Å². The van der Waals surface area contributed by atoms with E-state index < -0.39 is 169 Å². The summed E-state index contributed by atoms with van der Waals surface area (Å²) in [7, 11) is 9.09. The summed E-state index contributed by atoms with van der Waals surface area (Å²) < 4.78 is 24.8. The third kappa shape index (κ3) is 30.2. The van der Waals surface area contributed by atoms with E-state index in [1.165, 1.54) is 78.5 Å². The SMILES string of the molecule is C/C=C/C[C@@H](C)[C@@H](OC(C)=O)[C@@H](C(=O)N[C@@H](CC)C(=O)OCCN(C)C(C)=O)N(C)C(=O)[C@H](C(C)C)N(C)C(=O)[C@H](CC(C)C)N(C)C(=O)[C@H](CC(C)C)N(C)C(=O)[C@@H](C)CC(=O)[C@H](C)CC(=O)[C@H](CC(C)C)N(C)C(=O)[C@H](NC(=O)[C@@H]([C@@H](C)COCCO[Si](c1ccccc1)(c1ccccc1)C(C)(C)C)N(C)C(=O)[C@H](C)NC)C(C)C. The van der Waals surface area contributed by atoms with E-state index in [1.807, 2.05) is 90.9 Å². The van der Waals surface area contributed by atoms with Gasteiger partial charge in [0.05, 0.1) is 38.4 Å². The number of benzene rings is 2. The number of hydrogen-bond donors (Lipinski definition) is 3. The average Bonchev–Trinajstić information content (AvgIpc) is 0.747. The normalized spacial score (nSPS) is 15.6. The number of allylic oxidation sites excluding steroid dienone is 2. The molecule has 14 atom stereocenters. The first kappa shape index (κ1) is 105. The molecule has 660 valence electrons. The maximum absolute atomic E-state index is 15.4. The molecule has 28 heteroatoms. The number of rotatable bonds is 50. The lowest BCUT2D eigenvalue weighted by Gasteiger charge is -2.43. The van der Waals surface area contributed by atoms with Crippen molar-refractivity contribution in [2.75, 3.05) is 89.4 Å². The van der Waals surface area contributed by atoms with Gasteiger partial charge >= 0.3 is 11.9 Å². The molecular weight excluding hydrogens is 1510 g/mol. The number of esters is 2. The molecule has 0 fully saturated rings. The van der Waals surface area contributed by atoms with E-state index in [4.69, 9.17) is 18.6 Å². The Bertz CT molecular complexity index is 3550. The van der Waals surface area contributed by atoms with Crippen LogP contribution in [0.4, 0.5) is 0 Å². The first-order valence-electron chi connectivity index (χ1n) is 41.9. The van der Waals surface area contributed by atoms with Gasteiger partial charge < -0.3 is 68.9 Å². The lowest BCUT2D eigenvalue weighted by Crippen LogP contribution is -2.66. The summed E-state index contributed by atoms with van der Waals surface area (Å²) in [4.78, 5) is 196. The maximum Gasteiger partial charge on any atom is 0.328 e. The third-order valence-electron chi connectivity index (χ3n) is 22.2. The van der Waals surface area contributed by atoms with Gasteiger partial charge in [0.15, 0.2) is 5.78 Å². The highest BCUT2D eigenvalue weighted by atomic mass is 28.4. The van der Waals surface area contributed by atoms with E-state index in [-0.39, 0.29) is 106 Å². The second-order valence-corrected chi connectivity index (χ2v) is 39.4. The van der Waals surface area contributed by atoms with Crippen molar-refractivity contribution in [3.63, 3.8) is 0 Å². The summed E-state index contributed by atoms with van der Waals surface area (Å²) in [6.07, 6.45) is 2.59. The summed E-state index contributed by atoms with van der Waals surface area (Å²) in [6, 6.07) is 10.1. The Balaban J connectivity index is 2.50. The molecule has 117 heavy (non-hydrogen) atoms. The standard InChI is InChI=1S/C89H148N10O17Si/c1-31-33-40-60(13)79(116-66(19)101)78(81(105)91-69(32-2)88(112)114-46-45-93(24)65(18)100)99(30)87(111)76(59(11)12)97(28)85(109)72(51-57(7)8)96(27)84(108)71(50-56(5)6)95(26)82(106)62(15)53-73(102)61(14)52-74(103)70(49-55(3)4)94(25)86(110)75(58(9)10)92-80(104)77(98(29)83(107)64(17)90-23)63(16)54-113-47-48-115-117(89(20,21)22,67-41-36-34-37-42-67)68-43-38-35-39-44-68/h31,33-39,41-44,55-64,69-72,75-79,90H,32,40,45-54H2,1-30H3,(H,91,105)(H,92,104)/b33-31+/t60-,61-,62+,63+,64+,69+,70+,71+,72+,75-,76+,77-,78+,79-/m1/s1. The molecule has 0 radical (unpaired) electrons. The number of nitrogens with zero attached hydrogens (tertiary/aromatic N) is 7. The second-order valence-electron chi connectivity index (χ2n) is 35.1. The Labute approximate surface area is 701 Å². The fourth-order valence-corrected chi connectivity index (χ4v) is 19.6. The number of ether oxygens (including phenoxy) is 3. The van der Waals surface area contributed by atoms with Crippen molar-refractivity contribution in [2.24, 2.45) is 53.3 Å². The van der Waals surface area contributed by atoms with Crippen LogP contribution in [0.2, 0.25) is 5.04 Å². The summed E-state index contributed by atoms with van der Waals surface area (Å²) >= 11 is 0. The Kier molecular flexibility index (Phi) is 44.2. The number of Topliss-reactive ketones (excluding diaryl/α,β-unsaturated/α-hetero) is 2. The number of amides is 9. The first-order chi connectivity index (χ1) is 54.4. The van der Waals surface area contributed by atoms with Gasteiger partial charge in [0.2, 0.25) is 53.2 Å². The minimum Gasteiger partial charge on any atom is -0.462 e. The predicted octanol–water partition coefficient (Wildman–Crippen LogP) is 8.36. The van der Waals surface area contributed by atoms with Crippen molar-refractivity contribution >= 4 is 95.4 Å². The van der Waals surface area contributed by atoms with Crippen LogP contribution in [0, 0.1) is 53.3 Å². The molecule has 2 rings (SSSR count). The van der Waals surface area contributed by atoms with E-state index in [2.05, 4.69) is 61.0 Å². The Morgan fingerprint density at radius 3 is 1.42 bits per heavy atom. The highest BCUT2D eigenvalue weighted by molar-refractivity contribution is 6.99. The zero-order valence-corrected chi connectivity index (χ0v) is 77.5. The monoisotopic (exact) mass is 1660 g/mol. The molecule has 0 aliphatic carbocycles. The van der Waals surface area contributed by atoms with Gasteiger partial charge in [-0.05, 0) is 104 Å². The summed E-state index contributed by atoms with van der Waals surface area (Å²) in [6.45, 7) is 39.7. The second kappa shape index (κ2) is 49.4. The molecule has 0 saturated carbocycles. The molecule has 0 bridgehead atoms. The van der Waals surface area contributed by atoms with Gasteiger partial charge in [0, 0.05) is 93.8 Å². The number of ketones is 2. The van der Waals surface area contributed by atoms with Crippen molar-refractivity contribution in [1.82, 2.24) is 50.2 Å². The third-order valence-corrected chi connectivity index (χ3v) is 27.3. The van der Waals surface area contributed by atoms with Crippen LogP contribution in [0.5, 0.6) is 0 Å². The average molecular weight is 1660 g/mol. The van der Waals surface area contributed by atoms with Crippen LogP contribution in [-0.4, -0.2) is 269 Å². The summed E-state index contributed by atoms with van der Waals surface area (Å²) in [5, 5.41) is 10.6. The maximum atomic E-state index is 15.4. The molecule has 0 aliphatic rings. The zero-order valence-electron chi connectivity index (χ0n) is 76.5. The van der Waals surface area contributed by atoms with E-state index in [0.717, 1.165) is 15.3 Å². The van der Waals surface area contributed by atoms with Crippen molar-refractivity contribution in [3.8, 4) is 0 Å². The lowest BCUT2D eigenvalue weighted by atomic mass is 9.88. The molecule has 2 aromatic carbocycles. The van der Waals surface area contributed by atoms with E-state index in [1.54, 1.807) is 96.5 Å². The van der Waals surface area contributed by atoms with Crippen LogP contribution in [0.15, 0.2) is 72.8 Å². The molecular formula is C89H148N10O17Si. The lowest BCUT2D eigenvalue weighted by molar-refractivity contribution is -0.164. The molecule has 2 aromatic rings. The number of carbonyl (C=O) groups is 13. The van der Waals surface area contributed by atoms with Gasteiger partial charge in [-0.1, -0.05) is 197 Å². The van der Waals surface area contributed by atoms with Gasteiger partial charge in [-0.15, -0.1) is 0 Å². The minimum atomic E-state index is -2.90. The fourth-order valence-electron chi connectivity index (χ4n) is 15.1. The van der Waals surface area contributed by atoms with E-state index in [9.17, 15) is 47.9 Å². The molecule has 0 aliphatic heterocycles. The van der Waals surface area contributed by atoms with Gasteiger partial charge in [0.1, 0.15) is 60.8 Å². The molecule has 3 N–H and O–H groups in total. The highest BCUT2D eigenvalue weighted by Crippen LogP contribution is 2.37. The Morgan fingerprint density at radius 1 is 0.504 bits per heavy atom. The van der Waals surface area contributed by atoms with E-state index in [0.29, 0.717) is 6.42 Å². The summed E-state index contributed by atoms with van der Waals surface area (Å²) in [5.74, 6) is -12.1. The van der Waals surface area contributed by atoms with Crippen LogP contribution in [-0.2, 0) is 81.0 Å². The molecule has 0 heterocycles. The molecule has 9 amide bonds. The quantitative estimate of drug-likeness (QED) is 0.0242. The zero-order chi connectivity index (χ0) is 89.6. The molecule has 27 nitrogen and oxygen atoms in total. The highest BCUT2D eigenvalue weighted by Gasteiger charge is 2.51. The number of nitrogens with one attached hydrogen (secondary N) is 3. The van der Waals surface area contributed by atoms with Crippen LogP contribution < -0.4 is 26.3 Å². The first-order valence-corrected chi connectivity index (χ1v) is 43.8. The Morgan fingerprint density at radius 2 is 0.966 bits per heavy atom. The Hall–Kier alpha value is -8.21. The number of hydrogen-bond acceptors (Lipinski definition) is 18. The molecule has 0 aromatic heterocycles. The molecule has 0 spiro atoms. The van der Waals surface area contributed by atoms with Crippen LogP contribution >= 0.6 is 0 Å². The smallest absolute Gasteiger partial charge is 0.328 e. The molecule has 0 saturated heterocycles. The predicted molar refractivity (Wildman–Crippen MR) is 460 cm³/mol.